The van der Waals surface area contributed by atoms with Crippen molar-refractivity contribution in [3.8, 4) is 0 Å². The van der Waals surface area contributed by atoms with Crippen LogP contribution in [0.15, 0.2) is 64.5 Å². The number of amides is 1. The maximum atomic E-state index is 14.2. The van der Waals surface area contributed by atoms with Gasteiger partial charge in [-0.25, -0.2) is 4.39 Å². The summed E-state index contributed by atoms with van der Waals surface area (Å²) in [5.74, 6) is -1.12. The standard InChI is InChI=1S/C25H27ClFN3O2S/c26-20-7-4-8-21(27)24(20)25(31)29-15-22(23-9-12-28-17-33-23)30-13-10-19(11-14-30)32-16-18-5-2-1-3-6-18/h1-9,17,19,22H,10-16H2,(H,29,31). The minimum atomic E-state index is -0.619. The smallest absolute Gasteiger partial charge is 0.255 e. The lowest BCUT2D eigenvalue weighted by atomic mass is 10.0. The number of hydrogen-bond donors (Lipinski definition) is 1. The number of piperidine rings is 1. The van der Waals surface area contributed by atoms with Gasteiger partial charge in [0.05, 0.1) is 41.4 Å². The van der Waals surface area contributed by atoms with Crippen LogP contribution in [0, 0.1) is 5.82 Å². The normalized spacial score (nSPS) is 18.1. The summed E-state index contributed by atoms with van der Waals surface area (Å²) >= 11 is 7.64. The average Bonchev–Trinajstić information content (AvgIpc) is 2.85. The fourth-order valence-corrected chi connectivity index (χ4v) is 5.18. The van der Waals surface area contributed by atoms with Crippen molar-refractivity contribution in [3.05, 3.63) is 81.5 Å². The molecule has 0 spiro atoms. The molecule has 0 radical (unpaired) electrons. The van der Waals surface area contributed by atoms with E-state index in [9.17, 15) is 9.18 Å². The van der Waals surface area contributed by atoms with E-state index in [0.717, 1.165) is 30.8 Å². The first-order chi connectivity index (χ1) is 16.1. The summed E-state index contributed by atoms with van der Waals surface area (Å²) in [5.41, 5.74) is 2.90. The number of nitrogens with one attached hydrogen (secondary N) is 1. The van der Waals surface area contributed by atoms with Gasteiger partial charge in [-0.1, -0.05) is 65.8 Å². The molecule has 1 saturated heterocycles. The van der Waals surface area contributed by atoms with Crippen molar-refractivity contribution in [1.29, 1.82) is 0 Å². The molecule has 4 rings (SSSR count). The number of likely N-dealkylation sites (tertiary alicyclic amines) is 1. The molecule has 2 aromatic rings. The second-order valence-corrected chi connectivity index (χ2v) is 9.37. The molecule has 1 unspecified atom stereocenters. The van der Waals surface area contributed by atoms with Crippen molar-refractivity contribution in [2.75, 3.05) is 26.2 Å². The molecule has 8 heteroatoms. The minimum Gasteiger partial charge on any atom is -0.373 e. The van der Waals surface area contributed by atoms with Crippen molar-refractivity contribution in [3.63, 3.8) is 0 Å². The Balaban J connectivity index is 1.36. The third-order valence-corrected chi connectivity index (χ3v) is 7.16. The van der Waals surface area contributed by atoms with Crippen molar-refractivity contribution in [1.82, 2.24) is 10.2 Å². The molecular formula is C25H27ClFN3O2S. The van der Waals surface area contributed by atoms with Crippen LogP contribution in [0.2, 0.25) is 5.02 Å². The first-order valence-electron chi connectivity index (χ1n) is 11.1. The van der Waals surface area contributed by atoms with Gasteiger partial charge in [0.2, 0.25) is 0 Å². The largest absolute Gasteiger partial charge is 0.373 e. The lowest BCUT2D eigenvalue weighted by Gasteiger charge is -2.38. The van der Waals surface area contributed by atoms with E-state index in [0.29, 0.717) is 19.7 Å². The molecule has 5 nitrogen and oxygen atoms in total. The molecule has 0 bridgehead atoms. The summed E-state index contributed by atoms with van der Waals surface area (Å²) in [5, 5.41) is 3.01. The number of benzene rings is 2. The van der Waals surface area contributed by atoms with Gasteiger partial charge in [-0.05, 0) is 30.5 Å². The number of carbonyl (C=O) groups is 1. The molecule has 1 fully saturated rings. The fourth-order valence-electron chi connectivity index (χ4n) is 4.09. The maximum absolute atomic E-state index is 14.2. The van der Waals surface area contributed by atoms with Gasteiger partial charge in [-0.3, -0.25) is 14.7 Å². The van der Waals surface area contributed by atoms with Crippen LogP contribution in [0.4, 0.5) is 4.39 Å². The third-order valence-electron chi connectivity index (χ3n) is 5.88. The van der Waals surface area contributed by atoms with Gasteiger partial charge in [-0.15, -0.1) is 0 Å². The van der Waals surface area contributed by atoms with Crippen LogP contribution >= 0.6 is 23.4 Å². The molecular weight excluding hydrogens is 461 g/mol. The summed E-state index contributed by atoms with van der Waals surface area (Å²) in [6, 6.07) is 14.4. The molecule has 1 amide bonds. The Morgan fingerprint density at radius 2 is 2.00 bits per heavy atom. The zero-order valence-electron chi connectivity index (χ0n) is 18.3. The molecule has 1 N–H and O–H groups in total. The summed E-state index contributed by atoms with van der Waals surface area (Å²) in [6.07, 6.45) is 4.14. The minimum absolute atomic E-state index is 0.00803. The van der Waals surface area contributed by atoms with Gasteiger partial charge in [0, 0.05) is 24.5 Å². The molecule has 2 heterocycles. The summed E-state index contributed by atoms with van der Waals surface area (Å²) in [7, 11) is 0. The quantitative estimate of drug-likeness (QED) is 0.574. The molecule has 2 aliphatic rings. The van der Waals surface area contributed by atoms with E-state index >= 15 is 0 Å². The Bertz CT molecular complexity index is 990. The Morgan fingerprint density at radius 1 is 1.21 bits per heavy atom. The number of carbonyl (C=O) groups excluding carboxylic acids is 1. The summed E-state index contributed by atoms with van der Waals surface area (Å²) in [4.78, 5) is 20.5. The monoisotopic (exact) mass is 487 g/mol. The van der Waals surface area contributed by atoms with E-state index in [2.05, 4.69) is 33.4 Å². The van der Waals surface area contributed by atoms with Crippen LogP contribution in [-0.4, -0.2) is 54.7 Å². The van der Waals surface area contributed by atoms with E-state index in [1.807, 2.05) is 23.7 Å². The topological polar surface area (TPSA) is 53.9 Å². The van der Waals surface area contributed by atoms with Gasteiger partial charge in [0.25, 0.3) is 5.91 Å². The number of ether oxygens (including phenoxy) is 1. The Kier molecular flexibility index (Phi) is 8.56. The van der Waals surface area contributed by atoms with Gasteiger partial charge in [0.1, 0.15) is 5.82 Å². The van der Waals surface area contributed by atoms with Crippen LogP contribution in [0.1, 0.15) is 28.8 Å². The van der Waals surface area contributed by atoms with E-state index < -0.39 is 11.7 Å². The zero-order valence-corrected chi connectivity index (χ0v) is 19.8. The predicted molar refractivity (Wildman–Crippen MR) is 132 cm³/mol. The first kappa shape index (κ1) is 24.0. The van der Waals surface area contributed by atoms with Gasteiger partial charge >= 0.3 is 0 Å². The van der Waals surface area contributed by atoms with E-state index in [1.165, 1.54) is 23.8 Å². The third kappa shape index (κ3) is 6.44. The second kappa shape index (κ2) is 11.8. The molecule has 2 aromatic carbocycles. The van der Waals surface area contributed by atoms with E-state index in [-0.39, 0.29) is 22.7 Å². The number of nitrogens with zero attached hydrogens (tertiary/aromatic N) is 2. The molecule has 1 atom stereocenters. The van der Waals surface area contributed by atoms with Crippen LogP contribution in [0.25, 0.3) is 0 Å². The summed E-state index contributed by atoms with van der Waals surface area (Å²) < 4.78 is 20.3. The van der Waals surface area contributed by atoms with Crippen LogP contribution < -0.4 is 5.32 Å². The average molecular weight is 488 g/mol. The highest BCUT2D eigenvalue weighted by molar-refractivity contribution is 8.15. The van der Waals surface area contributed by atoms with Crippen molar-refractivity contribution in [2.45, 2.75) is 31.6 Å². The van der Waals surface area contributed by atoms with Gasteiger partial charge in [0.15, 0.2) is 0 Å². The number of rotatable bonds is 8. The maximum Gasteiger partial charge on any atom is 0.255 e. The Morgan fingerprint density at radius 3 is 2.70 bits per heavy atom. The van der Waals surface area contributed by atoms with Gasteiger partial charge in [-0.2, -0.15) is 0 Å². The highest BCUT2D eigenvalue weighted by atomic mass is 35.5. The molecule has 0 aromatic heterocycles. The van der Waals surface area contributed by atoms with Crippen molar-refractivity contribution < 1.29 is 13.9 Å². The predicted octanol–water partition coefficient (Wildman–Crippen LogP) is 4.92. The van der Waals surface area contributed by atoms with Crippen LogP contribution in [0.5, 0.6) is 0 Å². The molecule has 0 saturated carbocycles. The van der Waals surface area contributed by atoms with Crippen LogP contribution in [0.3, 0.4) is 0 Å². The van der Waals surface area contributed by atoms with Crippen molar-refractivity contribution >= 4 is 34.8 Å². The Hall–Kier alpha value is -2.19. The van der Waals surface area contributed by atoms with Gasteiger partial charge < -0.3 is 10.1 Å². The second-order valence-electron chi connectivity index (χ2n) is 8.05. The lowest BCUT2D eigenvalue weighted by molar-refractivity contribution is -0.00741. The highest BCUT2D eigenvalue weighted by Crippen LogP contribution is 2.28. The molecule has 2 aliphatic heterocycles. The van der Waals surface area contributed by atoms with E-state index in [1.54, 1.807) is 11.8 Å². The number of aliphatic imine (C=N–C) groups is 1. The fraction of sp³-hybridized carbons (Fsp3) is 0.360. The SMILES string of the molecule is O=C(NCC(C1=CCN=CS1)N1CCC(OCc2ccccc2)CC1)c1c(F)cccc1Cl. The highest BCUT2D eigenvalue weighted by Gasteiger charge is 2.29. The van der Waals surface area contributed by atoms with E-state index in [4.69, 9.17) is 16.3 Å². The molecule has 0 aliphatic carbocycles. The lowest BCUT2D eigenvalue weighted by Crippen LogP contribution is -2.49. The Labute approximate surface area is 203 Å². The van der Waals surface area contributed by atoms with Crippen LogP contribution in [-0.2, 0) is 11.3 Å². The number of thioether (sulfide) groups is 1. The molecule has 33 heavy (non-hydrogen) atoms. The molecule has 174 valence electrons. The number of halogens is 2. The summed E-state index contributed by atoms with van der Waals surface area (Å²) in [6.45, 7) is 3.32. The van der Waals surface area contributed by atoms with Crippen molar-refractivity contribution in [2.24, 2.45) is 4.99 Å². The first-order valence-corrected chi connectivity index (χ1v) is 12.3. The number of hydrogen-bond acceptors (Lipinski definition) is 5. The zero-order chi connectivity index (χ0) is 23.0.